The molecule has 0 aliphatic carbocycles. The molecule has 1 saturated heterocycles. The lowest BCUT2D eigenvalue weighted by atomic mass is 10.1. The van der Waals surface area contributed by atoms with E-state index in [1.54, 1.807) is 12.3 Å². The third kappa shape index (κ3) is 2.46. The minimum absolute atomic E-state index is 0.0582. The number of carbonyl (C=O) groups is 2. The van der Waals surface area contributed by atoms with Crippen molar-refractivity contribution in [2.24, 2.45) is 0 Å². The molecule has 1 aliphatic rings. The summed E-state index contributed by atoms with van der Waals surface area (Å²) in [5.74, 6) is -0.0723. The minimum atomic E-state index is -0.247. The second-order valence-corrected chi connectivity index (χ2v) is 5.36. The fourth-order valence-corrected chi connectivity index (χ4v) is 2.29. The normalized spacial score (nSPS) is 14.9. The van der Waals surface area contributed by atoms with E-state index in [-0.39, 0.29) is 30.6 Å². The van der Waals surface area contributed by atoms with E-state index in [0.717, 1.165) is 15.7 Å². The number of Topliss-reactive ketones (excluding diaryl/α,β-unsaturated/α-hetero) is 1. The molecule has 0 spiro atoms. The van der Waals surface area contributed by atoms with E-state index in [2.05, 4.69) is 25.9 Å². The van der Waals surface area contributed by atoms with Crippen LogP contribution < -0.4 is 4.90 Å². The van der Waals surface area contributed by atoms with Gasteiger partial charge in [0, 0.05) is 16.2 Å². The molecule has 0 bridgehead atoms. The molecular weight excluding hydrogens is 322 g/mol. The number of benzene rings is 1. The second-order valence-electron chi connectivity index (χ2n) is 4.44. The molecule has 0 atom stereocenters. The number of nitrogens with zero attached hydrogens (tertiary/aromatic N) is 3. The lowest BCUT2D eigenvalue weighted by Gasteiger charge is -2.12. The van der Waals surface area contributed by atoms with Gasteiger partial charge in [0.05, 0.1) is 18.7 Å². The Hall–Kier alpha value is -2.08. The van der Waals surface area contributed by atoms with Crippen LogP contribution in [0.3, 0.4) is 0 Å². The fraction of sp³-hybridized carbons (Fsp3) is 0.143. The predicted molar refractivity (Wildman–Crippen MR) is 77.1 cm³/mol. The Morgan fingerprint density at radius 3 is 2.50 bits per heavy atom. The summed E-state index contributed by atoms with van der Waals surface area (Å²) in [6.07, 6.45) is 1.53. The zero-order chi connectivity index (χ0) is 14.1. The second kappa shape index (κ2) is 5.13. The first-order chi connectivity index (χ1) is 9.63. The third-order valence-electron chi connectivity index (χ3n) is 3.01. The van der Waals surface area contributed by atoms with Gasteiger partial charge in [0.2, 0.25) is 11.9 Å². The van der Waals surface area contributed by atoms with Gasteiger partial charge in [-0.15, -0.1) is 0 Å². The highest BCUT2D eigenvalue weighted by molar-refractivity contribution is 9.10. The lowest BCUT2D eigenvalue weighted by molar-refractivity contribution is -0.121. The quantitative estimate of drug-likeness (QED) is 0.791. The first-order valence-corrected chi connectivity index (χ1v) is 6.84. The van der Waals surface area contributed by atoms with Crippen molar-refractivity contribution < 1.29 is 9.59 Å². The Labute approximate surface area is 123 Å². The lowest BCUT2D eigenvalue weighted by Crippen LogP contribution is -2.26. The van der Waals surface area contributed by atoms with Crippen LogP contribution in [0.2, 0.25) is 0 Å². The van der Waals surface area contributed by atoms with Crippen molar-refractivity contribution in [1.29, 1.82) is 0 Å². The molecule has 1 aromatic heterocycles. The van der Waals surface area contributed by atoms with Crippen LogP contribution in [-0.4, -0.2) is 28.2 Å². The van der Waals surface area contributed by atoms with Crippen LogP contribution in [0.5, 0.6) is 0 Å². The average Bonchev–Trinajstić information content (AvgIpc) is 2.79. The molecule has 2 heterocycles. The van der Waals surface area contributed by atoms with Crippen LogP contribution in [0.4, 0.5) is 5.95 Å². The molecule has 1 fully saturated rings. The Morgan fingerprint density at radius 1 is 1.10 bits per heavy atom. The predicted octanol–water partition coefficient (Wildman–Crippen LogP) is 2.21. The number of ketones is 1. The Bertz CT molecular complexity index is 685. The zero-order valence-corrected chi connectivity index (χ0v) is 12.0. The number of amides is 1. The molecule has 1 aliphatic heterocycles. The van der Waals surface area contributed by atoms with Gasteiger partial charge in [-0.25, -0.2) is 9.97 Å². The van der Waals surface area contributed by atoms with Crippen LogP contribution in [0.25, 0.3) is 11.3 Å². The number of anilines is 1. The third-order valence-corrected chi connectivity index (χ3v) is 3.54. The van der Waals surface area contributed by atoms with Crippen molar-refractivity contribution in [3.05, 3.63) is 41.0 Å². The van der Waals surface area contributed by atoms with Crippen LogP contribution in [0, 0.1) is 0 Å². The highest BCUT2D eigenvalue weighted by atomic mass is 79.9. The number of hydrogen-bond acceptors (Lipinski definition) is 4. The van der Waals surface area contributed by atoms with E-state index in [1.807, 2.05) is 24.3 Å². The molecule has 0 saturated carbocycles. The van der Waals surface area contributed by atoms with Crippen LogP contribution >= 0.6 is 15.9 Å². The smallest absolute Gasteiger partial charge is 0.237 e. The van der Waals surface area contributed by atoms with Crippen molar-refractivity contribution in [2.75, 3.05) is 11.4 Å². The molecule has 5 nitrogen and oxygen atoms in total. The summed E-state index contributed by atoms with van der Waals surface area (Å²) in [4.78, 5) is 32.8. The molecule has 0 unspecified atom stereocenters. The summed E-state index contributed by atoms with van der Waals surface area (Å²) in [5, 5.41) is 0. The Kier molecular flexibility index (Phi) is 3.31. The van der Waals surface area contributed by atoms with E-state index in [1.165, 1.54) is 4.90 Å². The van der Waals surface area contributed by atoms with Gasteiger partial charge in [0.25, 0.3) is 0 Å². The van der Waals surface area contributed by atoms with E-state index in [4.69, 9.17) is 0 Å². The SMILES string of the molecule is O=C1CC(=O)N(c2nccc(-c3ccc(Br)cc3)n2)C1. The summed E-state index contributed by atoms with van der Waals surface area (Å²) in [6.45, 7) is 0.0582. The van der Waals surface area contributed by atoms with Crippen molar-refractivity contribution >= 4 is 33.6 Å². The van der Waals surface area contributed by atoms with Crippen molar-refractivity contribution in [1.82, 2.24) is 9.97 Å². The molecule has 1 aromatic carbocycles. The maximum Gasteiger partial charge on any atom is 0.237 e. The molecule has 2 aromatic rings. The average molecular weight is 332 g/mol. The highest BCUT2D eigenvalue weighted by Gasteiger charge is 2.30. The first kappa shape index (κ1) is 12.9. The molecule has 20 heavy (non-hydrogen) atoms. The summed E-state index contributed by atoms with van der Waals surface area (Å²) < 4.78 is 0.982. The number of halogens is 1. The molecule has 0 radical (unpaired) electrons. The topological polar surface area (TPSA) is 63.2 Å². The molecule has 1 amide bonds. The largest absolute Gasteiger partial charge is 0.297 e. The molecular formula is C14H10BrN3O2. The standard InChI is InChI=1S/C14H10BrN3O2/c15-10-3-1-9(2-4-10)12-5-6-16-14(17-12)18-8-11(19)7-13(18)20/h1-6H,7-8H2. The number of aromatic nitrogens is 2. The van der Waals surface area contributed by atoms with Crippen LogP contribution in [-0.2, 0) is 9.59 Å². The van der Waals surface area contributed by atoms with Gasteiger partial charge < -0.3 is 0 Å². The van der Waals surface area contributed by atoms with Gasteiger partial charge in [-0.3, -0.25) is 14.5 Å². The van der Waals surface area contributed by atoms with E-state index < -0.39 is 0 Å². The van der Waals surface area contributed by atoms with Gasteiger partial charge in [-0.2, -0.15) is 0 Å². The number of rotatable bonds is 2. The Morgan fingerprint density at radius 2 is 1.85 bits per heavy atom. The monoisotopic (exact) mass is 331 g/mol. The van der Waals surface area contributed by atoms with Crippen molar-refractivity contribution in [3.63, 3.8) is 0 Å². The van der Waals surface area contributed by atoms with E-state index in [0.29, 0.717) is 0 Å². The van der Waals surface area contributed by atoms with Gasteiger partial charge in [-0.1, -0.05) is 28.1 Å². The molecule has 0 N–H and O–H groups in total. The van der Waals surface area contributed by atoms with Crippen LogP contribution in [0.15, 0.2) is 41.0 Å². The van der Waals surface area contributed by atoms with Crippen LogP contribution in [0.1, 0.15) is 6.42 Å². The van der Waals surface area contributed by atoms with Crippen molar-refractivity contribution in [3.8, 4) is 11.3 Å². The van der Waals surface area contributed by atoms with Gasteiger partial charge in [-0.05, 0) is 18.2 Å². The highest BCUT2D eigenvalue weighted by Crippen LogP contribution is 2.22. The fourth-order valence-electron chi connectivity index (χ4n) is 2.03. The van der Waals surface area contributed by atoms with Gasteiger partial charge >= 0.3 is 0 Å². The summed E-state index contributed by atoms with van der Waals surface area (Å²) in [6, 6.07) is 9.46. The van der Waals surface area contributed by atoms with E-state index >= 15 is 0 Å². The van der Waals surface area contributed by atoms with E-state index in [9.17, 15) is 9.59 Å². The first-order valence-electron chi connectivity index (χ1n) is 6.04. The summed E-state index contributed by atoms with van der Waals surface area (Å²) >= 11 is 3.38. The number of hydrogen-bond donors (Lipinski definition) is 0. The van der Waals surface area contributed by atoms with Gasteiger partial charge in [0.15, 0.2) is 5.78 Å². The maximum atomic E-state index is 11.7. The zero-order valence-electron chi connectivity index (χ0n) is 10.4. The molecule has 3 rings (SSSR count). The summed E-state index contributed by atoms with van der Waals surface area (Å²) in [7, 11) is 0. The molecule has 100 valence electrons. The minimum Gasteiger partial charge on any atom is -0.297 e. The van der Waals surface area contributed by atoms with Crippen molar-refractivity contribution in [2.45, 2.75) is 6.42 Å². The van der Waals surface area contributed by atoms with Gasteiger partial charge in [0.1, 0.15) is 0 Å². The number of carbonyl (C=O) groups excluding carboxylic acids is 2. The Balaban J connectivity index is 1.95. The maximum absolute atomic E-state index is 11.7. The summed E-state index contributed by atoms with van der Waals surface area (Å²) in [5.41, 5.74) is 1.64. The molecule has 6 heteroatoms.